The molecule has 23 heavy (non-hydrogen) atoms. The van der Waals surface area contributed by atoms with Crippen LogP contribution >= 0.6 is 0 Å². The molecule has 1 aliphatic carbocycles. The van der Waals surface area contributed by atoms with E-state index in [-0.39, 0.29) is 17.3 Å². The molecule has 3 rings (SSSR count). The van der Waals surface area contributed by atoms with Gasteiger partial charge in [-0.25, -0.2) is 4.98 Å². The van der Waals surface area contributed by atoms with E-state index in [4.69, 9.17) is 4.52 Å². The van der Waals surface area contributed by atoms with Gasteiger partial charge in [0.25, 0.3) is 11.6 Å². The lowest BCUT2D eigenvalue weighted by Crippen LogP contribution is -2.48. The first-order valence-electron chi connectivity index (χ1n) is 7.51. The van der Waals surface area contributed by atoms with Gasteiger partial charge in [0.1, 0.15) is 6.54 Å². The summed E-state index contributed by atoms with van der Waals surface area (Å²) in [6.45, 7) is 0.634. The van der Waals surface area contributed by atoms with Gasteiger partial charge in [0.15, 0.2) is 0 Å². The number of hydrogen-bond donors (Lipinski definition) is 0. The molecule has 0 atom stereocenters. The molecule has 5 nitrogen and oxygen atoms in total. The third kappa shape index (κ3) is 3.16. The van der Waals surface area contributed by atoms with Gasteiger partial charge in [0, 0.05) is 12.2 Å². The Morgan fingerprint density at radius 3 is 2.74 bits per heavy atom. The van der Waals surface area contributed by atoms with Crippen LogP contribution in [-0.4, -0.2) is 39.7 Å². The molecule has 1 amide bonds. The number of alkyl halides is 3. The van der Waals surface area contributed by atoms with E-state index in [0.717, 1.165) is 11.3 Å². The van der Waals surface area contributed by atoms with E-state index in [9.17, 15) is 18.0 Å². The standard InChI is InChI=1S/C15H16F3N3O2/c1-2-12-11-6-9(7-19-13(11)23-20-12)14(22)21(8-15(16,17)18)10-4-3-5-10/h6-7,10H,2-5,8H2,1H3. The zero-order chi connectivity index (χ0) is 16.6. The number of hydrogen-bond acceptors (Lipinski definition) is 4. The fourth-order valence-electron chi connectivity index (χ4n) is 2.68. The van der Waals surface area contributed by atoms with Crippen LogP contribution in [0.1, 0.15) is 42.2 Å². The molecule has 1 saturated carbocycles. The normalized spacial score (nSPS) is 15.7. The van der Waals surface area contributed by atoms with Crippen molar-refractivity contribution in [3.63, 3.8) is 0 Å². The molecule has 8 heteroatoms. The molecule has 0 radical (unpaired) electrons. The van der Waals surface area contributed by atoms with Crippen molar-refractivity contribution in [3.8, 4) is 0 Å². The molecular formula is C15H16F3N3O2. The van der Waals surface area contributed by atoms with Gasteiger partial charge in [-0.05, 0) is 31.7 Å². The number of carbonyl (C=O) groups excluding carboxylic acids is 1. The number of amides is 1. The van der Waals surface area contributed by atoms with Gasteiger partial charge in [-0.2, -0.15) is 13.2 Å². The maximum absolute atomic E-state index is 12.8. The molecule has 0 aromatic carbocycles. The molecule has 2 heterocycles. The van der Waals surface area contributed by atoms with Gasteiger partial charge in [0.05, 0.1) is 16.6 Å². The van der Waals surface area contributed by atoms with Crippen molar-refractivity contribution < 1.29 is 22.5 Å². The number of halogens is 3. The van der Waals surface area contributed by atoms with Crippen molar-refractivity contribution in [1.82, 2.24) is 15.0 Å². The number of aryl methyl sites for hydroxylation is 1. The van der Waals surface area contributed by atoms with Crippen LogP contribution in [0.5, 0.6) is 0 Å². The number of pyridine rings is 1. The van der Waals surface area contributed by atoms with Crippen LogP contribution < -0.4 is 0 Å². The maximum atomic E-state index is 12.8. The molecule has 124 valence electrons. The molecule has 0 saturated heterocycles. The van der Waals surface area contributed by atoms with Gasteiger partial charge < -0.3 is 9.42 Å². The summed E-state index contributed by atoms with van der Waals surface area (Å²) in [7, 11) is 0. The van der Waals surface area contributed by atoms with Gasteiger partial charge in [-0.15, -0.1) is 0 Å². The molecule has 1 fully saturated rings. The summed E-state index contributed by atoms with van der Waals surface area (Å²) in [5, 5.41) is 4.41. The van der Waals surface area contributed by atoms with E-state index in [2.05, 4.69) is 10.1 Å². The first-order chi connectivity index (χ1) is 10.9. The molecule has 1 aliphatic rings. The van der Waals surface area contributed by atoms with Crippen LogP contribution in [0, 0.1) is 0 Å². The Morgan fingerprint density at radius 1 is 1.43 bits per heavy atom. The Kier molecular flexibility index (Phi) is 3.99. The minimum absolute atomic E-state index is 0.131. The Hall–Kier alpha value is -2.12. The lowest BCUT2D eigenvalue weighted by Gasteiger charge is -2.37. The van der Waals surface area contributed by atoms with E-state index in [1.807, 2.05) is 6.92 Å². The minimum atomic E-state index is -4.42. The maximum Gasteiger partial charge on any atom is 0.406 e. The van der Waals surface area contributed by atoms with Crippen LogP contribution in [0.4, 0.5) is 13.2 Å². The number of aromatic nitrogens is 2. The largest absolute Gasteiger partial charge is 0.406 e. The summed E-state index contributed by atoms with van der Waals surface area (Å²) in [5.74, 6) is -0.648. The van der Waals surface area contributed by atoms with Crippen LogP contribution in [0.2, 0.25) is 0 Å². The zero-order valence-electron chi connectivity index (χ0n) is 12.6. The number of nitrogens with zero attached hydrogens (tertiary/aromatic N) is 3. The van der Waals surface area contributed by atoms with E-state index < -0.39 is 18.6 Å². The molecule has 0 aliphatic heterocycles. The predicted octanol–water partition coefficient (Wildman–Crippen LogP) is 3.34. The molecule has 0 spiro atoms. The van der Waals surface area contributed by atoms with Gasteiger partial charge in [-0.1, -0.05) is 12.1 Å². The summed E-state index contributed by atoms with van der Waals surface area (Å²) >= 11 is 0. The zero-order valence-corrected chi connectivity index (χ0v) is 12.6. The van der Waals surface area contributed by atoms with Crippen LogP contribution in [0.15, 0.2) is 16.8 Å². The van der Waals surface area contributed by atoms with Crippen molar-refractivity contribution in [2.45, 2.75) is 44.8 Å². The van der Waals surface area contributed by atoms with Crippen molar-refractivity contribution >= 4 is 17.0 Å². The van der Waals surface area contributed by atoms with Gasteiger partial charge in [-0.3, -0.25) is 4.79 Å². The van der Waals surface area contributed by atoms with Crippen molar-refractivity contribution in [1.29, 1.82) is 0 Å². The highest BCUT2D eigenvalue weighted by atomic mass is 19.4. The van der Waals surface area contributed by atoms with Crippen molar-refractivity contribution in [2.75, 3.05) is 6.54 Å². The summed E-state index contributed by atoms with van der Waals surface area (Å²) < 4.78 is 43.4. The second-order valence-electron chi connectivity index (χ2n) is 5.69. The molecule has 2 aromatic rings. The average molecular weight is 327 g/mol. The molecule has 2 aromatic heterocycles. The summed E-state index contributed by atoms with van der Waals surface area (Å²) in [6, 6.07) is 1.16. The van der Waals surface area contributed by atoms with Crippen LogP contribution in [0.25, 0.3) is 11.1 Å². The fraction of sp³-hybridized carbons (Fsp3) is 0.533. The molecule has 0 bridgehead atoms. The van der Waals surface area contributed by atoms with Crippen LogP contribution in [-0.2, 0) is 6.42 Å². The number of carbonyl (C=O) groups is 1. The Morgan fingerprint density at radius 2 is 2.17 bits per heavy atom. The lowest BCUT2D eigenvalue weighted by atomic mass is 9.91. The van der Waals surface area contributed by atoms with E-state index in [0.29, 0.717) is 30.3 Å². The summed E-state index contributed by atoms with van der Waals surface area (Å²) in [4.78, 5) is 17.5. The number of fused-ring (bicyclic) bond motifs is 1. The first kappa shape index (κ1) is 15.8. The molecule has 0 N–H and O–H groups in total. The first-order valence-corrected chi connectivity index (χ1v) is 7.51. The van der Waals surface area contributed by atoms with Gasteiger partial charge >= 0.3 is 6.18 Å². The topological polar surface area (TPSA) is 59.2 Å². The Labute approximate surface area is 130 Å². The monoisotopic (exact) mass is 327 g/mol. The van der Waals surface area contributed by atoms with Crippen molar-refractivity contribution in [3.05, 3.63) is 23.5 Å². The molecular weight excluding hydrogens is 311 g/mol. The lowest BCUT2D eigenvalue weighted by molar-refractivity contribution is -0.147. The molecule has 0 unspecified atom stereocenters. The second-order valence-corrected chi connectivity index (χ2v) is 5.69. The second kappa shape index (κ2) is 5.82. The third-order valence-corrected chi connectivity index (χ3v) is 4.11. The van der Waals surface area contributed by atoms with Crippen LogP contribution in [0.3, 0.4) is 0 Å². The fourth-order valence-corrected chi connectivity index (χ4v) is 2.68. The quantitative estimate of drug-likeness (QED) is 0.864. The van der Waals surface area contributed by atoms with Gasteiger partial charge in [0.2, 0.25) is 0 Å². The highest BCUT2D eigenvalue weighted by Gasteiger charge is 2.38. The predicted molar refractivity (Wildman–Crippen MR) is 75.9 cm³/mol. The highest BCUT2D eigenvalue weighted by Crippen LogP contribution is 2.30. The average Bonchev–Trinajstić information content (AvgIpc) is 2.84. The summed E-state index contributed by atoms with van der Waals surface area (Å²) in [5.41, 5.74) is 1.05. The minimum Gasteiger partial charge on any atom is -0.336 e. The SMILES string of the molecule is CCc1noc2ncc(C(=O)N(CC(F)(F)F)C3CCC3)cc12. The van der Waals surface area contributed by atoms with E-state index in [1.54, 1.807) is 0 Å². The Bertz CT molecular complexity index is 722. The van der Waals surface area contributed by atoms with E-state index >= 15 is 0 Å². The third-order valence-electron chi connectivity index (χ3n) is 4.11. The smallest absolute Gasteiger partial charge is 0.336 e. The Balaban J connectivity index is 1.92. The number of rotatable bonds is 4. The van der Waals surface area contributed by atoms with Crippen molar-refractivity contribution in [2.24, 2.45) is 0 Å². The highest BCUT2D eigenvalue weighted by molar-refractivity contribution is 5.97. The summed E-state index contributed by atoms with van der Waals surface area (Å²) in [6.07, 6.45) is -0.543. The van der Waals surface area contributed by atoms with E-state index in [1.165, 1.54) is 12.3 Å².